The van der Waals surface area contributed by atoms with Crippen molar-refractivity contribution in [1.82, 2.24) is 4.90 Å². The van der Waals surface area contributed by atoms with E-state index < -0.39 is 23.4 Å². The van der Waals surface area contributed by atoms with E-state index in [1.807, 2.05) is 0 Å². The van der Waals surface area contributed by atoms with Crippen molar-refractivity contribution in [3.8, 4) is 0 Å². The molecule has 5 heteroatoms. The molecule has 1 amide bonds. The summed E-state index contributed by atoms with van der Waals surface area (Å²) in [4.78, 5) is 13.2. The molecule has 1 unspecified atom stereocenters. The topological polar surface area (TPSA) is 49.8 Å². The summed E-state index contributed by atoms with van der Waals surface area (Å²) >= 11 is 0. The number of hydrogen-bond acceptors (Lipinski definition) is 3. The fourth-order valence-electron chi connectivity index (χ4n) is 2.54. The highest BCUT2D eigenvalue weighted by molar-refractivity contribution is 5.71. The first-order valence-corrected chi connectivity index (χ1v) is 5.58. The number of aliphatic hydroxyl groups excluding tert-OH is 1. The third kappa shape index (κ3) is 1.67. The van der Waals surface area contributed by atoms with E-state index in [1.54, 1.807) is 20.8 Å². The lowest BCUT2D eigenvalue weighted by atomic mass is 9.80. The fraction of sp³-hybridized carbons (Fsp3) is 0.909. The molecule has 16 heavy (non-hydrogen) atoms. The van der Waals surface area contributed by atoms with E-state index >= 15 is 0 Å². The first-order valence-electron chi connectivity index (χ1n) is 5.58. The summed E-state index contributed by atoms with van der Waals surface area (Å²) in [6.45, 7) is 4.96. The second kappa shape index (κ2) is 3.32. The van der Waals surface area contributed by atoms with Gasteiger partial charge < -0.3 is 9.84 Å². The third-order valence-electron chi connectivity index (χ3n) is 3.25. The molecule has 1 aliphatic carbocycles. The Morgan fingerprint density at radius 1 is 1.56 bits per heavy atom. The molecule has 3 aliphatic rings. The van der Waals surface area contributed by atoms with Crippen LogP contribution >= 0.6 is 0 Å². The molecule has 2 saturated heterocycles. The maximum Gasteiger partial charge on any atom is 0.410 e. The van der Waals surface area contributed by atoms with Gasteiger partial charge in [0.25, 0.3) is 0 Å². The average Bonchev–Trinajstić information content (AvgIpc) is 2.48. The van der Waals surface area contributed by atoms with Crippen molar-refractivity contribution in [2.45, 2.75) is 57.0 Å². The Morgan fingerprint density at radius 3 is 2.56 bits per heavy atom. The lowest BCUT2D eigenvalue weighted by Gasteiger charge is -2.30. The monoisotopic (exact) mass is 231 g/mol. The zero-order valence-electron chi connectivity index (χ0n) is 9.86. The number of fused-ring (bicyclic) bond motifs is 1. The predicted octanol–water partition coefficient (Wildman–Crippen LogP) is 1.47. The van der Waals surface area contributed by atoms with Crippen LogP contribution in [0.15, 0.2) is 0 Å². The molecule has 0 aromatic rings. The van der Waals surface area contributed by atoms with E-state index in [2.05, 4.69) is 0 Å². The summed E-state index contributed by atoms with van der Waals surface area (Å²) in [6.07, 6.45) is 0.142. The fourth-order valence-corrected chi connectivity index (χ4v) is 2.54. The normalized spacial score (nSPS) is 37.2. The molecule has 3 fully saturated rings. The number of rotatable bonds is 1. The van der Waals surface area contributed by atoms with Crippen LogP contribution in [-0.4, -0.2) is 46.1 Å². The van der Waals surface area contributed by atoms with Crippen LogP contribution < -0.4 is 0 Å². The van der Waals surface area contributed by atoms with Crippen molar-refractivity contribution in [1.29, 1.82) is 0 Å². The van der Waals surface area contributed by atoms with Crippen molar-refractivity contribution in [3.63, 3.8) is 0 Å². The second-order valence-corrected chi connectivity index (χ2v) is 5.68. The molecule has 1 atom stereocenters. The summed E-state index contributed by atoms with van der Waals surface area (Å²) in [5.41, 5.74) is -1.98. The van der Waals surface area contributed by atoms with Crippen LogP contribution in [0.5, 0.6) is 0 Å². The number of aliphatic hydroxyl groups is 1. The van der Waals surface area contributed by atoms with E-state index in [-0.39, 0.29) is 12.6 Å². The van der Waals surface area contributed by atoms with Crippen molar-refractivity contribution in [2.75, 3.05) is 6.61 Å². The summed E-state index contributed by atoms with van der Waals surface area (Å²) in [6, 6.07) is -0.829. The van der Waals surface area contributed by atoms with Gasteiger partial charge in [0.15, 0.2) is 0 Å². The SMILES string of the molecule is CC(C)(C)OC(=O)N1C2CC(F)(C2)C1CO. The lowest BCUT2D eigenvalue weighted by Crippen LogP contribution is -2.43. The minimum absolute atomic E-state index is 0.100. The van der Waals surface area contributed by atoms with E-state index in [9.17, 15) is 9.18 Å². The number of alkyl halides is 1. The van der Waals surface area contributed by atoms with Crippen molar-refractivity contribution in [2.24, 2.45) is 0 Å². The Labute approximate surface area is 94.4 Å². The van der Waals surface area contributed by atoms with Crippen LogP contribution in [0.25, 0.3) is 0 Å². The van der Waals surface area contributed by atoms with Crippen LogP contribution in [0.3, 0.4) is 0 Å². The van der Waals surface area contributed by atoms with E-state index in [0.717, 1.165) is 0 Å². The molecule has 0 radical (unpaired) electrons. The highest BCUT2D eigenvalue weighted by Crippen LogP contribution is 2.52. The summed E-state index contributed by atoms with van der Waals surface area (Å²) in [5, 5.41) is 9.16. The minimum atomic E-state index is -1.39. The van der Waals surface area contributed by atoms with Gasteiger partial charge in [-0.2, -0.15) is 0 Å². The third-order valence-corrected chi connectivity index (χ3v) is 3.25. The second-order valence-electron chi connectivity index (χ2n) is 5.68. The molecule has 0 spiro atoms. The van der Waals surface area contributed by atoms with Gasteiger partial charge in [-0.15, -0.1) is 0 Å². The van der Waals surface area contributed by atoms with Gasteiger partial charge in [0, 0.05) is 18.9 Å². The van der Waals surface area contributed by atoms with Gasteiger partial charge in [0.2, 0.25) is 0 Å². The summed E-state index contributed by atoms with van der Waals surface area (Å²) in [7, 11) is 0. The Hall–Kier alpha value is -0.840. The smallest absolute Gasteiger partial charge is 0.410 e. The quantitative estimate of drug-likeness (QED) is 0.743. The number of ether oxygens (including phenoxy) is 1. The zero-order chi connectivity index (χ0) is 12.1. The number of halogens is 1. The molecule has 1 N–H and O–H groups in total. The number of hydrogen-bond donors (Lipinski definition) is 1. The Balaban J connectivity index is 2.08. The van der Waals surface area contributed by atoms with Gasteiger partial charge in [0.05, 0.1) is 12.6 Å². The highest BCUT2D eigenvalue weighted by Gasteiger charge is 2.65. The van der Waals surface area contributed by atoms with Crippen molar-refractivity contribution >= 4 is 6.09 Å². The number of carbonyl (C=O) groups is 1. The average molecular weight is 231 g/mol. The van der Waals surface area contributed by atoms with E-state index in [0.29, 0.717) is 12.8 Å². The standard InChI is InChI=1S/C11H18FNO3/c1-10(2,3)16-9(15)13-7-4-11(12,5-7)8(13)6-14/h7-8,14H,4-6H2,1-3H3. The van der Waals surface area contributed by atoms with Gasteiger partial charge >= 0.3 is 6.09 Å². The van der Waals surface area contributed by atoms with Gasteiger partial charge in [-0.25, -0.2) is 9.18 Å². The van der Waals surface area contributed by atoms with Crippen LogP contribution in [0.4, 0.5) is 9.18 Å². The molecule has 1 saturated carbocycles. The molecular weight excluding hydrogens is 213 g/mol. The number of nitrogens with zero attached hydrogens (tertiary/aromatic N) is 1. The van der Waals surface area contributed by atoms with Crippen molar-refractivity contribution < 1.29 is 19.0 Å². The Morgan fingerprint density at radius 2 is 2.12 bits per heavy atom. The Bertz CT molecular complexity index is 307. The molecule has 4 nitrogen and oxygen atoms in total. The first-order chi connectivity index (χ1) is 7.27. The van der Waals surface area contributed by atoms with Crippen LogP contribution in [-0.2, 0) is 4.74 Å². The maximum absolute atomic E-state index is 14.0. The summed E-state index contributed by atoms with van der Waals surface area (Å²) < 4.78 is 19.2. The summed E-state index contributed by atoms with van der Waals surface area (Å²) in [5.74, 6) is 0. The maximum atomic E-state index is 14.0. The largest absolute Gasteiger partial charge is 0.444 e. The van der Waals surface area contributed by atoms with Crippen LogP contribution in [0, 0.1) is 0 Å². The molecular formula is C11H18FNO3. The lowest BCUT2D eigenvalue weighted by molar-refractivity contribution is 0.0127. The minimum Gasteiger partial charge on any atom is -0.444 e. The van der Waals surface area contributed by atoms with Crippen molar-refractivity contribution in [3.05, 3.63) is 0 Å². The van der Waals surface area contributed by atoms with Gasteiger partial charge in [0.1, 0.15) is 11.3 Å². The van der Waals surface area contributed by atoms with Gasteiger partial charge in [-0.3, -0.25) is 4.90 Å². The molecule has 2 bridgehead atoms. The Kier molecular flexibility index (Phi) is 2.42. The number of carbonyl (C=O) groups excluding carboxylic acids is 1. The van der Waals surface area contributed by atoms with Crippen LogP contribution in [0.1, 0.15) is 33.6 Å². The number of amides is 1. The van der Waals surface area contributed by atoms with E-state index in [1.165, 1.54) is 4.90 Å². The molecule has 92 valence electrons. The molecule has 3 rings (SSSR count). The molecule has 2 heterocycles. The van der Waals surface area contributed by atoms with Crippen LogP contribution in [0.2, 0.25) is 0 Å². The highest BCUT2D eigenvalue weighted by atomic mass is 19.1. The molecule has 0 aromatic carbocycles. The van der Waals surface area contributed by atoms with E-state index in [4.69, 9.17) is 9.84 Å². The zero-order valence-corrected chi connectivity index (χ0v) is 9.86. The predicted molar refractivity (Wildman–Crippen MR) is 55.8 cm³/mol. The van der Waals surface area contributed by atoms with Gasteiger partial charge in [-0.05, 0) is 20.8 Å². The van der Waals surface area contributed by atoms with Gasteiger partial charge in [-0.1, -0.05) is 0 Å². The molecule has 2 aliphatic heterocycles. The molecule has 0 aromatic heterocycles. The first kappa shape index (κ1) is 11.6.